The second-order valence-electron chi connectivity index (χ2n) is 11.2. The third kappa shape index (κ3) is 7.13. The van der Waals surface area contributed by atoms with E-state index >= 15 is 4.39 Å². The smallest absolute Gasteiger partial charge is 0.273 e. The second-order valence-corrected chi connectivity index (χ2v) is 12.2. The second kappa shape index (κ2) is 13.0. The average molecular weight is 630 g/mol. The summed E-state index contributed by atoms with van der Waals surface area (Å²) in [6.07, 6.45) is -0.617. The lowest BCUT2D eigenvalue weighted by molar-refractivity contribution is -0.123. The van der Waals surface area contributed by atoms with E-state index in [1.54, 1.807) is 46.7 Å². The van der Waals surface area contributed by atoms with Crippen LogP contribution in [0.1, 0.15) is 31.4 Å². The molecule has 1 fully saturated rings. The third-order valence-electron chi connectivity index (χ3n) is 7.54. The largest absolute Gasteiger partial charge is 0.486 e. The summed E-state index contributed by atoms with van der Waals surface area (Å²) in [6, 6.07) is 17.9. The van der Waals surface area contributed by atoms with Gasteiger partial charge in [0.1, 0.15) is 34.1 Å². The van der Waals surface area contributed by atoms with Crippen molar-refractivity contribution in [3.8, 4) is 22.6 Å². The van der Waals surface area contributed by atoms with E-state index in [2.05, 4.69) is 15.6 Å². The monoisotopic (exact) mass is 629 g/mol. The highest BCUT2D eigenvalue weighted by atomic mass is 32.1. The van der Waals surface area contributed by atoms with E-state index < -0.39 is 23.9 Å². The van der Waals surface area contributed by atoms with Crippen LogP contribution in [-0.2, 0) is 17.9 Å². The molecule has 45 heavy (non-hydrogen) atoms. The fraction of sp³-hybridized carbons (Fsp3) is 0.273. The maximum absolute atomic E-state index is 15.1. The number of aromatic nitrogens is 1. The number of fused-ring (bicyclic) bond motifs is 7. The van der Waals surface area contributed by atoms with E-state index in [0.29, 0.717) is 41.4 Å². The molecule has 12 heteroatoms. The number of thiazole rings is 1. The van der Waals surface area contributed by atoms with E-state index in [9.17, 15) is 14.4 Å². The molecule has 3 aromatic carbocycles. The summed E-state index contributed by atoms with van der Waals surface area (Å²) in [5.74, 6) is -0.886. The molecule has 3 aliphatic rings. The van der Waals surface area contributed by atoms with Crippen LogP contribution in [0.15, 0.2) is 72.1 Å². The Morgan fingerprint density at radius 3 is 2.64 bits per heavy atom. The minimum absolute atomic E-state index is 0.145. The molecular formula is C33H32FN5O5S. The minimum atomic E-state index is -0.683. The molecule has 4 heterocycles. The minimum Gasteiger partial charge on any atom is -0.486 e. The van der Waals surface area contributed by atoms with Gasteiger partial charge in [0.05, 0.1) is 18.2 Å². The molecule has 2 N–H and O–H groups in total. The van der Waals surface area contributed by atoms with E-state index in [1.165, 1.54) is 23.5 Å². The molecule has 0 spiro atoms. The summed E-state index contributed by atoms with van der Waals surface area (Å²) < 4.78 is 27.1. The Hall–Kier alpha value is -4.81. The zero-order chi connectivity index (χ0) is 31.5. The van der Waals surface area contributed by atoms with E-state index in [0.717, 1.165) is 10.6 Å². The number of carbonyl (C=O) groups excluding carboxylic acids is 3. The molecule has 2 atom stereocenters. The Bertz CT molecular complexity index is 1730. The number of carbonyl (C=O) groups is 3. The van der Waals surface area contributed by atoms with Gasteiger partial charge in [0.25, 0.3) is 17.7 Å². The molecule has 10 nitrogen and oxygen atoms in total. The highest BCUT2D eigenvalue weighted by Crippen LogP contribution is 2.27. The fourth-order valence-corrected chi connectivity index (χ4v) is 6.15. The van der Waals surface area contributed by atoms with Crippen molar-refractivity contribution in [1.82, 2.24) is 25.4 Å². The fourth-order valence-electron chi connectivity index (χ4n) is 5.26. The van der Waals surface area contributed by atoms with Crippen LogP contribution in [0, 0.1) is 5.82 Å². The molecule has 7 rings (SSSR count). The van der Waals surface area contributed by atoms with E-state index in [1.807, 2.05) is 37.2 Å². The highest BCUT2D eigenvalue weighted by Gasteiger charge is 2.39. The van der Waals surface area contributed by atoms with Gasteiger partial charge in [0.2, 0.25) is 0 Å². The Balaban J connectivity index is 1.31. The van der Waals surface area contributed by atoms with Crippen molar-refractivity contribution < 1.29 is 28.2 Å². The van der Waals surface area contributed by atoms with Gasteiger partial charge >= 0.3 is 0 Å². The van der Waals surface area contributed by atoms with Crippen LogP contribution in [0.2, 0.25) is 0 Å². The van der Waals surface area contributed by atoms with Crippen molar-refractivity contribution in [2.75, 3.05) is 33.8 Å². The summed E-state index contributed by atoms with van der Waals surface area (Å²) in [7, 11) is 3.86. The predicted molar refractivity (Wildman–Crippen MR) is 167 cm³/mol. The van der Waals surface area contributed by atoms with Gasteiger partial charge in [0, 0.05) is 25.0 Å². The van der Waals surface area contributed by atoms with Gasteiger partial charge in [0.15, 0.2) is 6.61 Å². The molecule has 232 valence electrons. The van der Waals surface area contributed by atoms with Gasteiger partial charge in [-0.1, -0.05) is 30.3 Å². The van der Waals surface area contributed by atoms with Gasteiger partial charge in [-0.25, -0.2) is 9.37 Å². The van der Waals surface area contributed by atoms with Crippen LogP contribution in [-0.4, -0.2) is 78.4 Å². The van der Waals surface area contributed by atoms with Crippen molar-refractivity contribution >= 4 is 29.1 Å². The molecule has 0 saturated carbocycles. The zero-order valence-electron chi connectivity index (χ0n) is 24.8. The number of halogens is 1. The van der Waals surface area contributed by atoms with Crippen molar-refractivity contribution in [1.29, 1.82) is 0 Å². The molecule has 0 unspecified atom stereocenters. The lowest BCUT2D eigenvalue weighted by atomic mass is 10.0. The third-order valence-corrected chi connectivity index (χ3v) is 8.37. The predicted octanol–water partition coefficient (Wildman–Crippen LogP) is 3.72. The van der Waals surface area contributed by atoms with E-state index in [-0.39, 0.29) is 37.1 Å². The summed E-state index contributed by atoms with van der Waals surface area (Å²) >= 11 is 1.41. The van der Waals surface area contributed by atoms with Gasteiger partial charge < -0.3 is 29.9 Å². The number of benzene rings is 3. The maximum atomic E-state index is 15.1. The molecule has 1 saturated heterocycles. The SMILES string of the molecule is CN(C)Cc1nc(C(=O)N2C[C@@H]3NC(=O)c4cc(ccc4F)-c4cccc(c4)OCC(=O)NCc4ccc(cc4)O[C@H]3C2)cs1. The van der Waals surface area contributed by atoms with E-state index in [4.69, 9.17) is 9.47 Å². The van der Waals surface area contributed by atoms with Crippen LogP contribution >= 0.6 is 11.3 Å². The number of amides is 3. The van der Waals surface area contributed by atoms with Crippen LogP contribution < -0.4 is 20.1 Å². The summed E-state index contributed by atoms with van der Waals surface area (Å²) in [5, 5.41) is 8.32. The normalized spacial score (nSPS) is 18.4. The van der Waals surface area contributed by atoms with Crippen LogP contribution in [0.25, 0.3) is 11.1 Å². The first-order valence-electron chi connectivity index (χ1n) is 14.5. The molecule has 0 radical (unpaired) electrons. The first-order chi connectivity index (χ1) is 21.7. The molecule has 1 aromatic heterocycles. The quantitative estimate of drug-likeness (QED) is 0.355. The number of likely N-dealkylation sites (tertiary alicyclic amines) is 1. The van der Waals surface area contributed by atoms with Crippen LogP contribution in [0.5, 0.6) is 11.5 Å². The topological polar surface area (TPSA) is 113 Å². The van der Waals surface area contributed by atoms with Gasteiger partial charge in [-0.05, 0) is 67.2 Å². The van der Waals surface area contributed by atoms with Gasteiger partial charge in [-0.15, -0.1) is 11.3 Å². The van der Waals surface area contributed by atoms with Gasteiger partial charge in [-0.2, -0.15) is 0 Å². The van der Waals surface area contributed by atoms with Gasteiger partial charge in [-0.3, -0.25) is 14.4 Å². The lowest BCUT2D eigenvalue weighted by Gasteiger charge is -2.21. The Morgan fingerprint density at radius 2 is 1.84 bits per heavy atom. The number of rotatable bonds is 3. The molecule has 3 amide bonds. The Morgan fingerprint density at radius 1 is 1.04 bits per heavy atom. The first kappa shape index (κ1) is 30.2. The lowest BCUT2D eigenvalue weighted by Crippen LogP contribution is -2.45. The molecule has 4 aromatic rings. The summed E-state index contributed by atoms with van der Waals surface area (Å²) in [4.78, 5) is 47.6. The number of hydrogen-bond acceptors (Lipinski definition) is 8. The van der Waals surface area contributed by atoms with Crippen LogP contribution in [0.3, 0.4) is 0 Å². The number of nitrogens with zero attached hydrogens (tertiary/aromatic N) is 3. The molecular weight excluding hydrogens is 597 g/mol. The standard InChI is InChI=1S/C33H32FN5O5S/c1-38(2)17-31-36-28(19-45-31)33(42)39-15-27-29(16-39)44-23-9-6-20(7-10-23)14-35-30(40)18-43-24-5-3-4-21(12-24)22-8-11-26(34)25(13-22)32(41)37-27/h3-13,19,27,29H,14-18H2,1-2H3,(H,35,40)(H,37,41)/t27-,29-/m0/s1. The van der Waals surface area contributed by atoms with Crippen molar-refractivity contribution in [2.24, 2.45) is 0 Å². The Kier molecular flexibility index (Phi) is 8.76. The highest BCUT2D eigenvalue weighted by molar-refractivity contribution is 7.09. The van der Waals surface area contributed by atoms with Crippen molar-refractivity contribution in [3.05, 3.63) is 99.8 Å². The zero-order valence-corrected chi connectivity index (χ0v) is 25.6. The molecule has 0 aliphatic carbocycles. The maximum Gasteiger partial charge on any atom is 0.273 e. The molecule has 3 aliphatic heterocycles. The average Bonchev–Trinajstić information content (AvgIpc) is 3.66. The number of nitrogens with one attached hydrogen (secondary N) is 2. The Labute approximate surface area is 263 Å². The molecule has 6 bridgehead atoms. The number of hydrogen-bond donors (Lipinski definition) is 2. The van der Waals surface area contributed by atoms with Crippen molar-refractivity contribution in [3.63, 3.8) is 0 Å². The van der Waals surface area contributed by atoms with Crippen molar-refractivity contribution in [2.45, 2.75) is 25.2 Å². The summed E-state index contributed by atoms with van der Waals surface area (Å²) in [6.45, 7) is 1.08. The number of ether oxygens (including phenoxy) is 2. The van der Waals surface area contributed by atoms with Crippen LogP contribution in [0.4, 0.5) is 4.39 Å². The first-order valence-corrected chi connectivity index (χ1v) is 15.3. The summed E-state index contributed by atoms with van der Waals surface area (Å²) in [5.41, 5.74) is 2.32.